The fraction of sp³-hybridized carbons (Fsp3) is 0.385. The summed E-state index contributed by atoms with van der Waals surface area (Å²) in [5.74, 6) is 0.419. The molecule has 0 saturated heterocycles. The Morgan fingerprint density at radius 3 is 2.26 bits per heavy atom. The Labute approximate surface area is 184 Å². The highest BCUT2D eigenvalue weighted by Gasteiger charge is 2.44. The molecule has 1 aliphatic carbocycles. The van der Waals surface area contributed by atoms with Gasteiger partial charge in [0.25, 0.3) is 11.8 Å². The van der Waals surface area contributed by atoms with Crippen LogP contribution < -0.4 is 4.74 Å². The number of amides is 2. The van der Waals surface area contributed by atoms with Gasteiger partial charge in [0.15, 0.2) is 0 Å². The van der Waals surface area contributed by atoms with Crippen LogP contribution in [0.2, 0.25) is 0 Å². The van der Waals surface area contributed by atoms with Crippen molar-refractivity contribution in [3.63, 3.8) is 0 Å². The summed E-state index contributed by atoms with van der Waals surface area (Å²) in [7, 11) is 1.90. The van der Waals surface area contributed by atoms with Crippen molar-refractivity contribution in [2.75, 3.05) is 13.7 Å². The van der Waals surface area contributed by atoms with Crippen molar-refractivity contribution >= 4 is 17.4 Å². The van der Waals surface area contributed by atoms with Crippen LogP contribution in [0.15, 0.2) is 60.3 Å². The van der Waals surface area contributed by atoms with Gasteiger partial charge in [0.1, 0.15) is 11.4 Å². The lowest BCUT2D eigenvalue weighted by Gasteiger charge is -2.30. The highest BCUT2D eigenvalue weighted by atomic mass is 16.5. The molecule has 162 valence electrons. The maximum absolute atomic E-state index is 13.6. The summed E-state index contributed by atoms with van der Waals surface area (Å²) in [5, 5.41) is 0. The Morgan fingerprint density at radius 1 is 0.935 bits per heavy atom. The summed E-state index contributed by atoms with van der Waals surface area (Å²) >= 11 is 0. The van der Waals surface area contributed by atoms with E-state index in [1.165, 1.54) is 11.3 Å². The molecule has 2 aromatic carbocycles. The number of carbonyl (C=O) groups is 2. The molecule has 5 nitrogen and oxygen atoms in total. The molecule has 1 aliphatic heterocycles. The number of rotatable bonds is 7. The predicted octanol–water partition coefficient (Wildman–Crippen LogP) is 4.63. The molecule has 0 N–H and O–H groups in total. The van der Waals surface area contributed by atoms with Gasteiger partial charge >= 0.3 is 0 Å². The first-order valence-electron chi connectivity index (χ1n) is 11.2. The molecule has 2 aliphatic rings. The van der Waals surface area contributed by atoms with Crippen LogP contribution in [-0.2, 0) is 16.1 Å². The van der Waals surface area contributed by atoms with Gasteiger partial charge in [0, 0.05) is 19.6 Å². The summed E-state index contributed by atoms with van der Waals surface area (Å²) in [6.07, 6.45) is 5.09. The summed E-state index contributed by atoms with van der Waals surface area (Å²) in [6, 6.07) is 17.5. The lowest BCUT2D eigenvalue weighted by atomic mass is 9.94. The van der Waals surface area contributed by atoms with Crippen LogP contribution in [0.5, 0.6) is 5.75 Å². The Balaban J connectivity index is 1.71. The molecule has 2 aromatic rings. The molecule has 0 unspecified atom stereocenters. The van der Waals surface area contributed by atoms with E-state index in [1.54, 1.807) is 0 Å². The first kappa shape index (κ1) is 21.2. The fourth-order valence-electron chi connectivity index (χ4n) is 4.64. The molecule has 4 rings (SSSR count). The molecule has 0 radical (unpaired) electrons. The number of imide groups is 1. The van der Waals surface area contributed by atoms with E-state index in [4.69, 9.17) is 4.74 Å². The average Bonchev–Trinajstić information content (AvgIpc) is 3.06. The second kappa shape index (κ2) is 9.38. The number of hydrogen-bond acceptors (Lipinski definition) is 4. The highest BCUT2D eigenvalue weighted by molar-refractivity contribution is 6.35. The van der Waals surface area contributed by atoms with E-state index in [0.29, 0.717) is 24.4 Å². The SMILES string of the molecule is CCOc1ccc(C2=C(N(C)Cc3ccccc3)C(=O)N(C3CCCCC3)C2=O)cc1. The third-order valence-corrected chi connectivity index (χ3v) is 6.13. The first-order valence-corrected chi connectivity index (χ1v) is 11.2. The third kappa shape index (κ3) is 4.36. The van der Waals surface area contributed by atoms with Crippen LogP contribution in [0.3, 0.4) is 0 Å². The lowest BCUT2D eigenvalue weighted by molar-refractivity contribution is -0.140. The van der Waals surface area contributed by atoms with E-state index >= 15 is 0 Å². The van der Waals surface area contributed by atoms with E-state index in [-0.39, 0.29) is 17.9 Å². The van der Waals surface area contributed by atoms with Gasteiger partial charge < -0.3 is 9.64 Å². The second-order valence-corrected chi connectivity index (χ2v) is 8.29. The number of benzene rings is 2. The largest absolute Gasteiger partial charge is 0.494 e. The van der Waals surface area contributed by atoms with Gasteiger partial charge in [-0.15, -0.1) is 0 Å². The maximum Gasteiger partial charge on any atom is 0.278 e. The quantitative estimate of drug-likeness (QED) is 0.615. The molecule has 0 aromatic heterocycles. The van der Waals surface area contributed by atoms with Crippen molar-refractivity contribution in [2.45, 2.75) is 51.6 Å². The van der Waals surface area contributed by atoms with E-state index in [0.717, 1.165) is 42.6 Å². The van der Waals surface area contributed by atoms with Crippen molar-refractivity contribution in [1.82, 2.24) is 9.80 Å². The Kier molecular flexibility index (Phi) is 6.40. The smallest absolute Gasteiger partial charge is 0.278 e. The zero-order valence-corrected chi connectivity index (χ0v) is 18.3. The molecular formula is C26H30N2O3. The van der Waals surface area contributed by atoms with E-state index in [9.17, 15) is 9.59 Å². The molecule has 2 amide bonds. The van der Waals surface area contributed by atoms with Crippen molar-refractivity contribution in [3.05, 3.63) is 71.4 Å². The van der Waals surface area contributed by atoms with Crippen LogP contribution >= 0.6 is 0 Å². The highest BCUT2D eigenvalue weighted by Crippen LogP contribution is 2.36. The molecule has 5 heteroatoms. The molecule has 1 saturated carbocycles. The molecule has 0 atom stereocenters. The zero-order chi connectivity index (χ0) is 21.8. The minimum absolute atomic E-state index is 0.00549. The standard InChI is InChI=1S/C26H30N2O3/c1-3-31-22-16-14-20(15-17-22)23-24(27(2)18-19-10-6-4-7-11-19)26(30)28(25(23)29)21-12-8-5-9-13-21/h4,6-7,10-11,14-17,21H,3,5,8-9,12-13,18H2,1-2H3. The number of hydrogen-bond donors (Lipinski definition) is 0. The van der Waals surface area contributed by atoms with Crippen LogP contribution in [0.1, 0.15) is 50.2 Å². The Morgan fingerprint density at radius 2 is 1.61 bits per heavy atom. The predicted molar refractivity (Wildman–Crippen MR) is 121 cm³/mol. The first-order chi connectivity index (χ1) is 15.1. The third-order valence-electron chi connectivity index (χ3n) is 6.13. The number of ether oxygens (including phenoxy) is 1. The normalized spacial score (nSPS) is 17.4. The molecule has 0 bridgehead atoms. The summed E-state index contributed by atoms with van der Waals surface area (Å²) in [5.41, 5.74) is 2.84. The second-order valence-electron chi connectivity index (χ2n) is 8.29. The van der Waals surface area contributed by atoms with Crippen LogP contribution in [0, 0.1) is 0 Å². The van der Waals surface area contributed by atoms with Gasteiger partial charge in [-0.25, -0.2) is 0 Å². The molecule has 31 heavy (non-hydrogen) atoms. The van der Waals surface area contributed by atoms with Crippen LogP contribution in [-0.4, -0.2) is 41.3 Å². The molecule has 1 fully saturated rings. The van der Waals surface area contributed by atoms with Gasteiger partial charge in [-0.05, 0) is 43.0 Å². The van der Waals surface area contributed by atoms with Gasteiger partial charge in [0.2, 0.25) is 0 Å². The lowest BCUT2D eigenvalue weighted by Crippen LogP contribution is -2.43. The minimum atomic E-state index is -0.170. The summed E-state index contributed by atoms with van der Waals surface area (Å²) in [4.78, 5) is 30.6. The van der Waals surface area contributed by atoms with Crippen molar-refractivity contribution in [1.29, 1.82) is 0 Å². The van der Waals surface area contributed by atoms with Gasteiger partial charge in [0.05, 0.1) is 12.2 Å². The Bertz CT molecular complexity index is 960. The van der Waals surface area contributed by atoms with Crippen molar-refractivity contribution < 1.29 is 14.3 Å². The molecule has 1 heterocycles. The molecular weight excluding hydrogens is 388 g/mol. The minimum Gasteiger partial charge on any atom is -0.494 e. The number of likely N-dealkylation sites (N-methyl/N-ethyl adjacent to an activating group) is 1. The maximum atomic E-state index is 13.6. The summed E-state index contributed by atoms with van der Waals surface area (Å²) in [6.45, 7) is 3.09. The fourth-order valence-corrected chi connectivity index (χ4v) is 4.64. The zero-order valence-electron chi connectivity index (χ0n) is 18.3. The molecule has 0 spiro atoms. The van der Waals surface area contributed by atoms with Gasteiger partial charge in [-0.1, -0.05) is 61.7 Å². The van der Waals surface area contributed by atoms with Crippen molar-refractivity contribution in [2.24, 2.45) is 0 Å². The Hall–Kier alpha value is -3.08. The van der Waals surface area contributed by atoms with Crippen LogP contribution in [0.4, 0.5) is 0 Å². The number of nitrogens with zero attached hydrogens (tertiary/aromatic N) is 2. The van der Waals surface area contributed by atoms with E-state index < -0.39 is 0 Å². The average molecular weight is 419 g/mol. The van der Waals surface area contributed by atoms with E-state index in [1.807, 2.05) is 73.5 Å². The van der Waals surface area contributed by atoms with Crippen LogP contribution in [0.25, 0.3) is 5.57 Å². The topological polar surface area (TPSA) is 49.9 Å². The van der Waals surface area contributed by atoms with Gasteiger partial charge in [-0.2, -0.15) is 0 Å². The summed E-state index contributed by atoms with van der Waals surface area (Å²) < 4.78 is 5.55. The van der Waals surface area contributed by atoms with Crippen molar-refractivity contribution in [3.8, 4) is 5.75 Å². The monoisotopic (exact) mass is 418 g/mol. The van der Waals surface area contributed by atoms with Gasteiger partial charge in [-0.3, -0.25) is 14.5 Å². The number of carbonyl (C=O) groups excluding carboxylic acids is 2. The van der Waals surface area contributed by atoms with E-state index in [2.05, 4.69) is 0 Å².